The topological polar surface area (TPSA) is 36.0 Å². The molecule has 0 bridgehead atoms. The first kappa shape index (κ1) is 16.9. The Morgan fingerprint density at radius 2 is 1.88 bits per heavy atom. The number of piperazine rings is 1. The van der Waals surface area contributed by atoms with Crippen LogP contribution in [0.2, 0.25) is 0 Å². The summed E-state index contributed by atoms with van der Waals surface area (Å²) in [6.45, 7) is 7.58. The van der Waals surface area contributed by atoms with Gasteiger partial charge in [-0.05, 0) is 38.3 Å². The Hall–Kier alpha value is -1.59. The summed E-state index contributed by atoms with van der Waals surface area (Å²) in [6.07, 6.45) is 4.92. The highest BCUT2D eigenvalue weighted by atomic mass is 16.5. The van der Waals surface area contributed by atoms with E-state index in [9.17, 15) is 4.79 Å². The van der Waals surface area contributed by atoms with Gasteiger partial charge in [0.05, 0.1) is 0 Å². The lowest BCUT2D eigenvalue weighted by atomic mass is 10.1. The number of likely N-dealkylation sites (tertiary alicyclic amines) is 1. The van der Waals surface area contributed by atoms with Crippen molar-refractivity contribution in [2.75, 3.05) is 45.9 Å². The summed E-state index contributed by atoms with van der Waals surface area (Å²) in [5.41, 5.74) is 1.20. The average molecular weight is 343 g/mol. The molecular weight excluding hydrogens is 314 g/mol. The number of para-hydroxylation sites is 1. The second-order valence-corrected chi connectivity index (χ2v) is 7.55. The zero-order valence-corrected chi connectivity index (χ0v) is 15.0. The molecule has 1 unspecified atom stereocenters. The van der Waals surface area contributed by atoms with Crippen LogP contribution >= 0.6 is 0 Å². The highest BCUT2D eigenvalue weighted by molar-refractivity contribution is 5.78. The summed E-state index contributed by atoms with van der Waals surface area (Å²) in [6, 6.07) is 8.93. The van der Waals surface area contributed by atoms with Crippen LogP contribution in [-0.2, 0) is 11.3 Å². The van der Waals surface area contributed by atoms with Crippen LogP contribution in [0.15, 0.2) is 24.3 Å². The molecule has 3 saturated heterocycles. The molecule has 1 aromatic rings. The van der Waals surface area contributed by atoms with Gasteiger partial charge in [-0.1, -0.05) is 18.2 Å². The van der Waals surface area contributed by atoms with E-state index in [1.807, 2.05) is 17.0 Å². The van der Waals surface area contributed by atoms with Crippen molar-refractivity contribution in [2.45, 2.75) is 38.3 Å². The summed E-state index contributed by atoms with van der Waals surface area (Å²) in [5, 5.41) is 0. The molecule has 1 atom stereocenters. The molecule has 3 heterocycles. The van der Waals surface area contributed by atoms with Gasteiger partial charge in [-0.3, -0.25) is 14.6 Å². The van der Waals surface area contributed by atoms with Gasteiger partial charge < -0.3 is 9.64 Å². The van der Waals surface area contributed by atoms with Gasteiger partial charge in [0.2, 0.25) is 0 Å². The van der Waals surface area contributed by atoms with Crippen LogP contribution in [0.4, 0.5) is 0 Å². The van der Waals surface area contributed by atoms with Gasteiger partial charge in [-0.15, -0.1) is 0 Å². The van der Waals surface area contributed by atoms with Crippen molar-refractivity contribution < 1.29 is 9.53 Å². The third-order valence-electron chi connectivity index (χ3n) is 5.85. The molecule has 3 fully saturated rings. The van der Waals surface area contributed by atoms with Crippen molar-refractivity contribution in [3.63, 3.8) is 0 Å². The monoisotopic (exact) mass is 343 g/mol. The molecule has 0 aromatic heterocycles. The Balaban J connectivity index is 1.34. The first-order valence-electron chi connectivity index (χ1n) is 9.74. The number of benzene rings is 1. The molecule has 136 valence electrons. The summed E-state index contributed by atoms with van der Waals surface area (Å²) in [7, 11) is 0. The number of carbonyl (C=O) groups is 1. The van der Waals surface area contributed by atoms with Gasteiger partial charge in [0.15, 0.2) is 6.61 Å². The van der Waals surface area contributed by atoms with Crippen LogP contribution in [0.25, 0.3) is 0 Å². The Kier molecular flexibility index (Phi) is 5.22. The van der Waals surface area contributed by atoms with E-state index in [-0.39, 0.29) is 12.5 Å². The maximum Gasteiger partial charge on any atom is 0.260 e. The largest absolute Gasteiger partial charge is 0.483 e. The number of hydrogen-bond acceptors (Lipinski definition) is 4. The number of fused-ring (bicyclic) bond motifs is 1. The van der Waals surface area contributed by atoms with E-state index >= 15 is 0 Å². The highest BCUT2D eigenvalue weighted by Crippen LogP contribution is 2.25. The van der Waals surface area contributed by atoms with Gasteiger partial charge >= 0.3 is 0 Å². The van der Waals surface area contributed by atoms with Crippen LogP contribution in [0.1, 0.15) is 31.2 Å². The molecule has 1 amide bonds. The predicted octanol–water partition coefficient (Wildman–Crippen LogP) is 1.97. The maximum absolute atomic E-state index is 12.2. The van der Waals surface area contributed by atoms with Crippen LogP contribution < -0.4 is 4.74 Å². The standard InChI is InChI=1S/C20H29N3O2/c24-20(23-9-3-4-10-23)16-25-19-8-2-1-6-17(19)14-21-12-13-22-11-5-7-18(22)15-21/h1-2,6,8,18H,3-5,7,9-16H2. The molecule has 0 radical (unpaired) electrons. The number of carbonyl (C=O) groups excluding carboxylic acids is 1. The fraction of sp³-hybridized carbons (Fsp3) is 0.650. The van der Waals surface area contributed by atoms with Crippen molar-refractivity contribution >= 4 is 5.91 Å². The Labute approximate surface area is 150 Å². The molecule has 0 saturated carbocycles. The van der Waals surface area contributed by atoms with Gasteiger partial charge in [-0.2, -0.15) is 0 Å². The Morgan fingerprint density at radius 1 is 1.04 bits per heavy atom. The quantitative estimate of drug-likeness (QED) is 0.819. The minimum Gasteiger partial charge on any atom is -0.483 e. The van der Waals surface area contributed by atoms with Crippen molar-refractivity contribution in [1.82, 2.24) is 14.7 Å². The number of ether oxygens (including phenoxy) is 1. The molecule has 0 spiro atoms. The lowest BCUT2D eigenvalue weighted by Gasteiger charge is -2.37. The van der Waals surface area contributed by atoms with E-state index in [4.69, 9.17) is 4.74 Å². The second-order valence-electron chi connectivity index (χ2n) is 7.55. The molecule has 1 aromatic carbocycles. The SMILES string of the molecule is O=C(COc1ccccc1CN1CCN2CCCC2C1)N1CCCC1. The smallest absolute Gasteiger partial charge is 0.260 e. The van der Waals surface area contributed by atoms with Crippen LogP contribution in [0.3, 0.4) is 0 Å². The van der Waals surface area contributed by atoms with E-state index in [1.54, 1.807) is 0 Å². The van der Waals surface area contributed by atoms with E-state index in [1.165, 1.54) is 31.5 Å². The second kappa shape index (κ2) is 7.75. The van der Waals surface area contributed by atoms with Crippen molar-refractivity contribution in [3.05, 3.63) is 29.8 Å². The summed E-state index contributed by atoms with van der Waals surface area (Å²) in [4.78, 5) is 19.3. The number of rotatable bonds is 5. The maximum atomic E-state index is 12.2. The zero-order valence-electron chi connectivity index (χ0n) is 15.0. The van der Waals surface area contributed by atoms with Crippen LogP contribution in [-0.4, -0.2) is 72.5 Å². The summed E-state index contributed by atoms with van der Waals surface area (Å²) >= 11 is 0. The van der Waals surface area contributed by atoms with Gasteiger partial charge in [-0.25, -0.2) is 0 Å². The molecule has 5 heteroatoms. The van der Waals surface area contributed by atoms with Crippen molar-refractivity contribution in [2.24, 2.45) is 0 Å². The summed E-state index contributed by atoms with van der Waals surface area (Å²) in [5.74, 6) is 0.982. The summed E-state index contributed by atoms with van der Waals surface area (Å²) < 4.78 is 5.91. The van der Waals surface area contributed by atoms with E-state index < -0.39 is 0 Å². The van der Waals surface area contributed by atoms with E-state index in [0.29, 0.717) is 0 Å². The van der Waals surface area contributed by atoms with Gasteiger partial charge in [0, 0.05) is 50.9 Å². The van der Waals surface area contributed by atoms with Crippen molar-refractivity contribution in [1.29, 1.82) is 0 Å². The van der Waals surface area contributed by atoms with Crippen LogP contribution in [0, 0.1) is 0 Å². The normalized spacial score (nSPS) is 24.5. The minimum absolute atomic E-state index is 0.117. The highest BCUT2D eigenvalue weighted by Gasteiger charge is 2.30. The first-order valence-corrected chi connectivity index (χ1v) is 9.74. The Bertz CT molecular complexity index is 600. The first-order chi connectivity index (χ1) is 12.3. The Morgan fingerprint density at radius 3 is 2.76 bits per heavy atom. The van der Waals surface area contributed by atoms with Gasteiger partial charge in [0.1, 0.15) is 5.75 Å². The minimum atomic E-state index is 0.117. The van der Waals surface area contributed by atoms with Crippen LogP contribution in [0.5, 0.6) is 5.75 Å². The fourth-order valence-corrected chi connectivity index (χ4v) is 4.41. The molecule has 3 aliphatic rings. The average Bonchev–Trinajstić information content (AvgIpc) is 3.32. The number of hydrogen-bond donors (Lipinski definition) is 0. The molecule has 0 aliphatic carbocycles. The molecule has 25 heavy (non-hydrogen) atoms. The van der Waals surface area contributed by atoms with E-state index in [0.717, 1.165) is 57.4 Å². The third kappa shape index (κ3) is 3.98. The molecule has 5 nitrogen and oxygen atoms in total. The number of nitrogens with zero attached hydrogens (tertiary/aromatic N) is 3. The third-order valence-corrected chi connectivity index (χ3v) is 5.85. The molecule has 4 rings (SSSR count). The van der Waals surface area contributed by atoms with Crippen molar-refractivity contribution in [3.8, 4) is 5.75 Å². The predicted molar refractivity (Wildman–Crippen MR) is 97.6 cm³/mol. The molecule has 3 aliphatic heterocycles. The molecule has 0 N–H and O–H groups in total. The lowest BCUT2D eigenvalue weighted by molar-refractivity contribution is -0.132. The molecular formula is C20H29N3O2. The lowest BCUT2D eigenvalue weighted by Crippen LogP contribution is -2.49. The van der Waals surface area contributed by atoms with Gasteiger partial charge in [0.25, 0.3) is 5.91 Å². The van der Waals surface area contributed by atoms with E-state index in [2.05, 4.69) is 21.9 Å². The zero-order chi connectivity index (χ0) is 17.1. The fourth-order valence-electron chi connectivity index (χ4n) is 4.41. The number of amides is 1.